The number of para-hydroxylation sites is 1. The number of aromatic amines is 1. The van der Waals surface area contributed by atoms with Crippen LogP contribution in [0, 0.1) is 0 Å². The maximum absolute atomic E-state index is 13.7. The predicted molar refractivity (Wildman–Crippen MR) is 132 cm³/mol. The number of thioether (sulfide) groups is 1. The maximum Gasteiger partial charge on any atom is 0.271 e. The average Bonchev–Trinajstić information content (AvgIpc) is 3.11. The van der Waals surface area contributed by atoms with Crippen molar-refractivity contribution in [3.63, 3.8) is 0 Å². The molecule has 1 N–H and O–H groups in total. The monoisotopic (exact) mass is 464 g/mol. The number of benzene rings is 1. The van der Waals surface area contributed by atoms with E-state index in [9.17, 15) is 9.59 Å². The molecule has 7 nitrogen and oxygen atoms in total. The van der Waals surface area contributed by atoms with Crippen LogP contribution in [0.2, 0.25) is 0 Å². The van der Waals surface area contributed by atoms with Gasteiger partial charge in [0.1, 0.15) is 0 Å². The summed E-state index contributed by atoms with van der Waals surface area (Å²) < 4.78 is 9.73. The lowest BCUT2D eigenvalue weighted by Gasteiger charge is -2.36. The Kier molecular flexibility index (Phi) is 4.75. The molecule has 2 aromatic heterocycles. The molecular weight excluding hydrogens is 436 g/mol. The molecule has 5 heterocycles. The summed E-state index contributed by atoms with van der Waals surface area (Å²) in [6.07, 6.45) is 3.56. The van der Waals surface area contributed by atoms with E-state index in [-0.39, 0.29) is 28.0 Å². The smallest absolute Gasteiger partial charge is 0.271 e. The fourth-order valence-corrected chi connectivity index (χ4v) is 6.79. The minimum atomic E-state index is -0.374. The summed E-state index contributed by atoms with van der Waals surface area (Å²) in [6.45, 7) is 7.47. The highest BCUT2D eigenvalue weighted by molar-refractivity contribution is 8.14. The minimum Gasteiger partial charge on any atom is -0.375 e. The average molecular weight is 465 g/mol. The number of hydrogen-bond donors (Lipinski definition) is 1. The van der Waals surface area contributed by atoms with Crippen molar-refractivity contribution >= 4 is 33.5 Å². The van der Waals surface area contributed by atoms with E-state index in [0.29, 0.717) is 30.1 Å². The summed E-state index contributed by atoms with van der Waals surface area (Å²) in [5.74, 6) is 0.663. The van der Waals surface area contributed by atoms with E-state index in [1.165, 1.54) is 17.3 Å². The summed E-state index contributed by atoms with van der Waals surface area (Å²) in [4.78, 5) is 31.8. The number of aliphatic imine (C=N–C) groups is 1. The van der Waals surface area contributed by atoms with E-state index < -0.39 is 0 Å². The molecule has 0 spiro atoms. The predicted octanol–water partition coefficient (Wildman–Crippen LogP) is 4.45. The molecule has 3 aromatic rings. The van der Waals surface area contributed by atoms with Gasteiger partial charge in [0.25, 0.3) is 11.1 Å². The van der Waals surface area contributed by atoms with Crippen LogP contribution in [0.5, 0.6) is 0 Å². The number of fused-ring (bicyclic) bond motifs is 1. The second kappa shape index (κ2) is 7.46. The standard InChI is InChI=1S/C25H28N4O3S/c1-14-26-22-19(23(30)27-29(22)17-9-11-32-25(2,3)13-17)21(33-14)18-12-16-7-4-6-15-8-5-10-28(20(15)16)24(18)31/h4,6-7,12,17,21H,5,8-11,13H2,1-3H3,(H,27,30)/t17-,21+/m1/s1. The molecule has 0 radical (unpaired) electrons. The van der Waals surface area contributed by atoms with Gasteiger partial charge in [-0.15, -0.1) is 0 Å². The molecule has 1 saturated heterocycles. The van der Waals surface area contributed by atoms with E-state index in [1.807, 2.05) is 22.2 Å². The van der Waals surface area contributed by atoms with Gasteiger partial charge in [-0.05, 0) is 63.5 Å². The molecule has 0 amide bonds. The van der Waals surface area contributed by atoms with Crippen molar-refractivity contribution in [1.82, 2.24) is 14.3 Å². The Morgan fingerprint density at radius 1 is 1.27 bits per heavy atom. The first-order chi connectivity index (χ1) is 15.8. The van der Waals surface area contributed by atoms with Crippen molar-refractivity contribution in [2.45, 2.75) is 69.9 Å². The Hall–Kier alpha value is -2.58. The zero-order valence-electron chi connectivity index (χ0n) is 19.2. The highest BCUT2D eigenvalue weighted by Gasteiger charge is 2.37. The first kappa shape index (κ1) is 21.0. The topological polar surface area (TPSA) is 81.4 Å². The van der Waals surface area contributed by atoms with Crippen molar-refractivity contribution in [3.8, 4) is 0 Å². The Bertz CT molecular complexity index is 1430. The van der Waals surface area contributed by atoms with E-state index >= 15 is 0 Å². The van der Waals surface area contributed by atoms with Gasteiger partial charge in [0.2, 0.25) is 0 Å². The van der Waals surface area contributed by atoms with Gasteiger partial charge < -0.3 is 9.30 Å². The van der Waals surface area contributed by atoms with E-state index in [4.69, 9.17) is 9.73 Å². The number of rotatable bonds is 2. The highest BCUT2D eigenvalue weighted by atomic mass is 32.2. The van der Waals surface area contributed by atoms with Gasteiger partial charge in [0.15, 0.2) is 5.82 Å². The van der Waals surface area contributed by atoms with Crippen LogP contribution in [-0.2, 0) is 17.7 Å². The van der Waals surface area contributed by atoms with Crippen molar-refractivity contribution in [3.05, 3.63) is 61.7 Å². The number of nitrogens with zero attached hydrogens (tertiary/aromatic N) is 3. The molecule has 1 fully saturated rings. The first-order valence-electron chi connectivity index (χ1n) is 11.7. The second-order valence-electron chi connectivity index (χ2n) is 9.95. The fourth-order valence-electron chi connectivity index (χ4n) is 5.69. The molecule has 0 unspecified atom stereocenters. The van der Waals surface area contributed by atoms with Gasteiger partial charge in [-0.1, -0.05) is 30.0 Å². The van der Waals surface area contributed by atoms with E-state index in [2.05, 4.69) is 37.1 Å². The van der Waals surface area contributed by atoms with E-state index in [1.54, 1.807) is 0 Å². The lowest BCUT2D eigenvalue weighted by molar-refractivity contribution is -0.0705. The molecule has 3 aliphatic rings. The molecule has 172 valence electrons. The number of aromatic nitrogens is 3. The van der Waals surface area contributed by atoms with Crippen LogP contribution in [0.3, 0.4) is 0 Å². The summed E-state index contributed by atoms with van der Waals surface area (Å²) in [5, 5.41) is 4.61. The zero-order valence-corrected chi connectivity index (χ0v) is 20.0. The molecule has 33 heavy (non-hydrogen) atoms. The van der Waals surface area contributed by atoms with Crippen LogP contribution in [0.15, 0.2) is 38.8 Å². The summed E-state index contributed by atoms with van der Waals surface area (Å²) in [6, 6.07) is 8.34. The van der Waals surface area contributed by atoms with Crippen LogP contribution < -0.4 is 11.1 Å². The van der Waals surface area contributed by atoms with Gasteiger partial charge in [-0.3, -0.25) is 19.4 Å². The summed E-state index contributed by atoms with van der Waals surface area (Å²) in [7, 11) is 0. The summed E-state index contributed by atoms with van der Waals surface area (Å²) >= 11 is 1.50. The first-order valence-corrected chi connectivity index (χ1v) is 12.6. The van der Waals surface area contributed by atoms with Crippen LogP contribution in [0.25, 0.3) is 10.9 Å². The van der Waals surface area contributed by atoms with Crippen molar-refractivity contribution in [2.75, 3.05) is 6.61 Å². The Labute approximate surface area is 195 Å². The number of aryl methyl sites for hydroxylation is 2. The third-order valence-electron chi connectivity index (χ3n) is 7.12. The summed E-state index contributed by atoms with van der Waals surface area (Å²) in [5.41, 5.74) is 3.12. The van der Waals surface area contributed by atoms with Gasteiger partial charge >= 0.3 is 0 Å². The fraction of sp³-hybridized carbons (Fsp3) is 0.480. The molecule has 1 aromatic carbocycles. The normalized spacial score (nSPS) is 23.9. The largest absolute Gasteiger partial charge is 0.375 e. The lowest BCUT2D eigenvalue weighted by atomic mass is 9.94. The van der Waals surface area contributed by atoms with Crippen molar-refractivity contribution in [1.29, 1.82) is 0 Å². The number of H-pyrrole nitrogens is 1. The number of hydrogen-bond acceptors (Lipinski definition) is 5. The number of ether oxygens (including phenoxy) is 1. The van der Waals surface area contributed by atoms with Crippen molar-refractivity contribution < 1.29 is 4.74 Å². The lowest BCUT2D eigenvalue weighted by Crippen LogP contribution is -2.35. The quantitative estimate of drug-likeness (QED) is 0.607. The van der Waals surface area contributed by atoms with Crippen LogP contribution in [0.4, 0.5) is 5.82 Å². The second-order valence-corrected chi connectivity index (χ2v) is 11.2. The number of nitrogens with one attached hydrogen (secondary N) is 1. The molecule has 2 atom stereocenters. The minimum absolute atomic E-state index is 0.00662. The van der Waals surface area contributed by atoms with Gasteiger partial charge in [0.05, 0.1) is 33.0 Å². The molecule has 6 rings (SSSR count). The Morgan fingerprint density at radius 3 is 2.94 bits per heavy atom. The maximum atomic E-state index is 13.7. The van der Waals surface area contributed by atoms with Gasteiger partial charge in [-0.2, -0.15) is 0 Å². The molecule has 3 aliphatic heterocycles. The van der Waals surface area contributed by atoms with E-state index in [0.717, 1.165) is 41.6 Å². The van der Waals surface area contributed by atoms with Crippen LogP contribution in [-0.4, -0.2) is 31.6 Å². The Balaban J connectivity index is 1.53. The molecule has 0 aliphatic carbocycles. The Morgan fingerprint density at radius 2 is 2.12 bits per heavy atom. The van der Waals surface area contributed by atoms with Crippen LogP contribution in [0.1, 0.15) is 68.0 Å². The third-order valence-corrected chi connectivity index (χ3v) is 8.28. The number of pyridine rings is 1. The molecular formula is C25H28N4O3S. The molecule has 0 saturated carbocycles. The third kappa shape index (κ3) is 3.34. The molecule has 8 heteroatoms. The highest BCUT2D eigenvalue weighted by Crippen LogP contribution is 2.45. The van der Waals surface area contributed by atoms with Gasteiger partial charge in [0, 0.05) is 18.7 Å². The SMILES string of the molecule is CC1=Nc2c(c(=O)[nH]n2[C@@H]2CCOC(C)(C)C2)[C@H](c2cc3cccc4c3n(c2=O)CCC4)S1. The van der Waals surface area contributed by atoms with Gasteiger partial charge in [-0.25, -0.2) is 4.99 Å². The molecule has 0 bridgehead atoms. The van der Waals surface area contributed by atoms with Crippen molar-refractivity contribution in [2.24, 2.45) is 4.99 Å². The zero-order chi connectivity index (χ0) is 22.9. The van der Waals surface area contributed by atoms with Crippen LogP contribution >= 0.6 is 11.8 Å².